The molecule has 0 radical (unpaired) electrons. The maximum Gasteiger partial charge on any atom is 0.326 e. The second-order valence-electron chi connectivity index (χ2n) is 5.92. The van der Waals surface area contributed by atoms with Gasteiger partial charge in [-0.05, 0) is 36.6 Å². The van der Waals surface area contributed by atoms with E-state index in [0.29, 0.717) is 17.9 Å². The number of benzene rings is 1. The van der Waals surface area contributed by atoms with Crippen LogP contribution in [0.25, 0.3) is 0 Å². The Morgan fingerprint density at radius 1 is 1.12 bits per heavy atom. The molecule has 0 saturated carbocycles. The van der Waals surface area contributed by atoms with Crippen LogP contribution in [0.5, 0.6) is 5.75 Å². The maximum absolute atomic E-state index is 12.1. The number of carbonyl (C=O) groups is 3. The number of Topliss-reactive ketones (excluding diaryl/α,β-unsaturated/α-hetero) is 1. The van der Waals surface area contributed by atoms with E-state index in [1.54, 1.807) is 38.1 Å². The summed E-state index contributed by atoms with van der Waals surface area (Å²) < 4.78 is 5.45. The van der Waals surface area contributed by atoms with Gasteiger partial charge in [0.05, 0.1) is 6.61 Å². The number of hydrogen-bond acceptors (Lipinski definition) is 4. The molecule has 1 unspecified atom stereocenters. The number of aliphatic carboxylic acids is 1. The molecule has 2 N–H and O–H groups in total. The minimum absolute atomic E-state index is 0.0332. The third-order valence-corrected chi connectivity index (χ3v) is 3.48. The van der Waals surface area contributed by atoms with E-state index in [9.17, 15) is 14.4 Å². The van der Waals surface area contributed by atoms with Crippen molar-refractivity contribution in [3.8, 4) is 5.75 Å². The van der Waals surface area contributed by atoms with Crippen LogP contribution in [0.15, 0.2) is 24.3 Å². The standard InChI is InChI=1S/C18H25NO5/c1-4-11-24-14-7-5-13(6-8-14)15(20)9-10-16(21)19-17(12(2)3)18(22)23/h5-8,12,17H,4,9-11H2,1-3H3,(H,19,21)(H,22,23). The monoisotopic (exact) mass is 335 g/mol. The molecule has 0 saturated heterocycles. The van der Waals surface area contributed by atoms with E-state index in [4.69, 9.17) is 9.84 Å². The van der Waals surface area contributed by atoms with E-state index in [0.717, 1.165) is 6.42 Å². The highest BCUT2D eigenvalue weighted by molar-refractivity contribution is 5.98. The van der Waals surface area contributed by atoms with Crippen LogP contribution in [0.1, 0.15) is 50.4 Å². The van der Waals surface area contributed by atoms with Gasteiger partial charge in [0.15, 0.2) is 5.78 Å². The number of carboxylic acid groups (broad SMARTS) is 1. The summed E-state index contributed by atoms with van der Waals surface area (Å²) in [5.41, 5.74) is 0.505. The zero-order valence-corrected chi connectivity index (χ0v) is 14.4. The van der Waals surface area contributed by atoms with Crippen LogP contribution in [-0.4, -0.2) is 35.4 Å². The van der Waals surface area contributed by atoms with E-state index in [-0.39, 0.29) is 24.5 Å². The first-order valence-corrected chi connectivity index (χ1v) is 8.13. The number of carbonyl (C=O) groups excluding carboxylic acids is 2. The fraction of sp³-hybridized carbons (Fsp3) is 0.500. The van der Waals surface area contributed by atoms with Crippen LogP contribution in [0, 0.1) is 5.92 Å². The van der Waals surface area contributed by atoms with Crippen molar-refractivity contribution in [2.75, 3.05) is 6.61 Å². The Bertz CT molecular complexity index is 565. The van der Waals surface area contributed by atoms with Gasteiger partial charge in [-0.15, -0.1) is 0 Å². The molecule has 0 aliphatic rings. The molecule has 0 aliphatic heterocycles. The lowest BCUT2D eigenvalue weighted by Crippen LogP contribution is -2.44. The first kappa shape index (κ1) is 19.7. The SMILES string of the molecule is CCCOc1ccc(C(=O)CCC(=O)NC(C(=O)O)C(C)C)cc1. The highest BCUT2D eigenvalue weighted by atomic mass is 16.5. The minimum atomic E-state index is -1.08. The van der Waals surface area contributed by atoms with Crippen molar-refractivity contribution in [1.82, 2.24) is 5.32 Å². The fourth-order valence-electron chi connectivity index (χ4n) is 2.09. The first-order valence-electron chi connectivity index (χ1n) is 8.13. The van der Waals surface area contributed by atoms with Gasteiger partial charge in [0.25, 0.3) is 0 Å². The number of carboxylic acids is 1. The lowest BCUT2D eigenvalue weighted by Gasteiger charge is -2.17. The van der Waals surface area contributed by atoms with Gasteiger partial charge in [-0.25, -0.2) is 4.79 Å². The third-order valence-electron chi connectivity index (χ3n) is 3.48. The van der Waals surface area contributed by atoms with Crippen LogP contribution >= 0.6 is 0 Å². The van der Waals surface area contributed by atoms with Gasteiger partial charge in [0, 0.05) is 18.4 Å². The van der Waals surface area contributed by atoms with Gasteiger partial charge < -0.3 is 15.2 Å². The Kier molecular flexibility index (Phi) is 7.95. The van der Waals surface area contributed by atoms with E-state index in [1.165, 1.54) is 0 Å². The number of ether oxygens (including phenoxy) is 1. The lowest BCUT2D eigenvalue weighted by atomic mass is 10.0. The molecule has 1 atom stereocenters. The van der Waals surface area contributed by atoms with Crippen molar-refractivity contribution < 1.29 is 24.2 Å². The van der Waals surface area contributed by atoms with Crippen molar-refractivity contribution in [3.63, 3.8) is 0 Å². The highest BCUT2D eigenvalue weighted by Crippen LogP contribution is 2.14. The average Bonchev–Trinajstić information content (AvgIpc) is 2.55. The molecule has 1 aromatic rings. The number of hydrogen-bond donors (Lipinski definition) is 2. The molecule has 6 heteroatoms. The Labute approximate surface area is 142 Å². The van der Waals surface area contributed by atoms with Gasteiger partial charge in [0.2, 0.25) is 5.91 Å². The topological polar surface area (TPSA) is 92.7 Å². The molecule has 6 nitrogen and oxygen atoms in total. The summed E-state index contributed by atoms with van der Waals surface area (Å²) in [7, 11) is 0. The molecule has 0 fully saturated rings. The van der Waals surface area contributed by atoms with Gasteiger partial charge >= 0.3 is 5.97 Å². The van der Waals surface area contributed by atoms with Gasteiger partial charge in [-0.2, -0.15) is 0 Å². The Morgan fingerprint density at radius 2 is 1.75 bits per heavy atom. The number of rotatable bonds is 10. The van der Waals surface area contributed by atoms with E-state index in [1.807, 2.05) is 6.92 Å². The largest absolute Gasteiger partial charge is 0.494 e. The zero-order chi connectivity index (χ0) is 18.1. The molecule has 0 heterocycles. The predicted octanol–water partition coefficient (Wildman–Crippen LogP) is 2.66. The maximum atomic E-state index is 12.1. The second kappa shape index (κ2) is 9.70. The Balaban J connectivity index is 2.50. The molecule has 0 bridgehead atoms. The van der Waals surface area contributed by atoms with Crippen LogP contribution in [0.3, 0.4) is 0 Å². The fourth-order valence-corrected chi connectivity index (χ4v) is 2.09. The molecule has 0 spiro atoms. The average molecular weight is 335 g/mol. The molecule has 0 aliphatic carbocycles. The number of amides is 1. The summed E-state index contributed by atoms with van der Waals surface area (Å²) in [6.07, 6.45) is 0.901. The van der Waals surface area contributed by atoms with Crippen molar-refractivity contribution in [2.24, 2.45) is 5.92 Å². The third kappa shape index (κ3) is 6.40. The van der Waals surface area contributed by atoms with Crippen LogP contribution < -0.4 is 10.1 Å². The summed E-state index contributed by atoms with van der Waals surface area (Å²) in [6.45, 7) is 6.06. The predicted molar refractivity (Wildman–Crippen MR) is 90.2 cm³/mol. The van der Waals surface area contributed by atoms with E-state index >= 15 is 0 Å². The molecule has 1 aromatic carbocycles. The van der Waals surface area contributed by atoms with E-state index < -0.39 is 17.9 Å². The second-order valence-corrected chi connectivity index (χ2v) is 5.92. The van der Waals surface area contributed by atoms with Gasteiger partial charge in [0.1, 0.15) is 11.8 Å². The molecule has 0 aromatic heterocycles. The Morgan fingerprint density at radius 3 is 2.25 bits per heavy atom. The molecular weight excluding hydrogens is 310 g/mol. The Hall–Kier alpha value is -2.37. The van der Waals surface area contributed by atoms with Crippen molar-refractivity contribution in [1.29, 1.82) is 0 Å². The molecule has 132 valence electrons. The molecular formula is C18H25NO5. The molecule has 1 rings (SSSR count). The number of nitrogens with one attached hydrogen (secondary N) is 1. The van der Waals surface area contributed by atoms with Gasteiger partial charge in [-0.3, -0.25) is 9.59 Å². The quantitative estimate of drug-likeness (QED) is 0.641. The normalized spacial score (nSPS) is 11.8. The highest BCUT2D eigenvalue weighted by Gasteiger charge is 2.23. The summed E-state index contributed by atoms with van der Waals surface area (Å²) in [6, 6.07) is 5.84. The van der Waals surface area contributed by atoms with Crippen LogP contribution in [0.4, 0.5) is 0 Å². The van der Waals surface area contributed by atoms with E-state index in [2.05, 4.69) is 5.32 Å². The van der Waals surface area contributed by atoms with Crippen molar-refractivity contribution in [2.45, 2.75) is 46.1 Å². The van der Waals surface area contributed by atoms with Crippen molar-refractivity contribution in [3.05, 3.63) is 29.8 Å². The van der Waals surface area contributed by atoms with Gasteiger partial charge in [-0.1, -0.05) is 20.8 Å². The minimum Gasteiger partial charge on any atom is -0.494 e. The zero-order valence-electron chi connectivity index (χ0n) is 14.4. The summed E-state index contributed by atoms with van der Waals surface area (Å²) in [5, 5.41) is 11.5. The number of ketones is 1. The van der Waals surface area contributed by atoms with Crippen molar-refractivity contribution >= 4 is 17.7 Å². The lowest BCUT2D eigenvalue weighted by molar-refractivity contribution is -0.143. The molecule has 24 heavy (non-hydrogen) atoms. The van der Waals surface area contributed by atoms with Crippen LogP contribution in [-0.2, 0) is 9.59 Å². The smallest absolute Gasteiger partial charge is 0.326 e. The molecule has 1 amide bonds. The first-order chi connectivity index (χ1) is 11.3. The summed E-state index contributed by atoms with van der Waals surface area (Å²) in [5.74, 6) is -1.20. The summed E-state index contributed by atoms with van der Waals surface area (Å²) in [4.78, 5) is 35.0. The van der Waals surface area contributed by atoms with Crippen LogP contribution in [0.2, 0.25) is 0 Å². The summed E-state index contributed by atoms with van der Waals surface area (Å²) >= 11 is 0.